The smallest absolute Gasteiger partial charge is 0.311 e. The van der Waals surface area contributed by atoms with Crippen molar-refractivity contribution >= 4 is 23.2 Å². The number of aromatic nitrogens is 2. The van der Waals surface area contributed by atoms with Crippen LogP contribution in [-0.2, 0) is 27.4 Å². The number of anilines is 1. The van der Waals surface area contributed by atoms with Gasteiger partial charge in [-0.05, 0) is 30.2 Å². The van der Waals surface area contributed by atoms with Crippen LogP contribution in [0.2, 0.25) is 0 Å². The molecule has 1 aromatic carbocycles. The minimum absolute atomic E-state index is 0.0365. The number of carbonyl (C=O) groups excluding carboxylic acids is 2. The van der Waals surface area contributed by atoms with Gasteiger partial charge in [0.2, 0.25) is 5.91 Å². The molecule has 1 aliphatic rings. The van der Waals surface area contributed by atoms with Gasteiger partial charge in [0.25, 0.3) is 0 Å². The maximum Gasteiger partial charge on any atom is 0.311 e. The van der Waals surface area contributed by atoms with Gasteiger partial charge >= 0.3 is 5.97 Å². The topological polar surface area (TPSA) is 63.9 Å². The molecular formula is C21H21N3O3. The fourth-order valence-corrected chi connectivity index (χ4v) is 3.49. The van der Waals surface area contributed by atoms with Crippen molar-refractivity contribution < 1.29 is 14.3 Å². The molecule has 0 spiro atoms. The Bertz CT molecular complexity index is 962. The van der Waals surface area contributed by atoms with Crippen LogP contribution in [0.5, 0.6) is 0 Å². The molecule has 3 heterocycles. The molecule has 0 N–H and O–H groups in total. The van der Waals surface area contributed by atoms with E-state index in [1.165, 1.54) is 0 Å². The molecule has 1 fully saturated rings. The van der Waals surface area contributed by atoms with Gasteiger partial charge in [-0.2, -0.15) is 0 Å². The Balaban J connectivity index is 1.41. The van der Waals surface area contributed by atoms with Gasteiger partial charge in [-0.1, -0.05) is 31.2 Å². The van der Waals surface area contributed by atoms with E-state index in [-0.39, 0.29) is 24.9 Å². The second-order valence-electron chi connectivity index (χ2n) is 6.69. The van der Waals surface area contributed by atoms with E-state index in [0.29, 0.717) is 12.2 Å². The lowest BCUT2D eigenvalue weighted by molar-refractivity contribution is -0.149. The van der Waals surface area contributed by atoms with Crippen molar-refractivity contribution in [3.63, 3.8) is 0 Å². The Hall–Kier alpha value is -3.15. The van der Waals surface area contributed by atoms with E-state index in [4.69, 9.17) is 4.74 Å². The molecule has 6 heteroatoms. The molecule has 138 valence electrons. The van der Waals surface area contributed by atoms with Gasteiger partial charge in [-0.3, -0.25) is 9.59 Å². The molecule has 4 rings (SSSR count). The van der Waals surface area contributed by atoms with Crippen LogP contribution < -0.4 is 4.90 Å². The molecule has 0 radical (unpaired) electrons. The van der Waals surface area contributed by atoms with Gasteiger partial charge in [0.15, 0.2) is 0 Å². The summed E-state index contributed by atoms with van der Waals surface area (Å²) in [5.41, 5.74) is 3.49. The second kappa shape index (κ2) is 7.23. The van der Waals surface area contributed by atoms with Crippen molar-refractivity contribution in [1.29, 1.82) is 0 Å². The molecule has 0 bridgehead atoms. The highest BCUT2D eigenvalue weighted by Crippen LogP contribution is 2.29. The van der Waals surface area contributed by atoms with Crippen LogP contribution in [0.3, 0.4) is 0 Å². The summed E-state index contributed by atoms with van der Waals surface area (Å²) in [6.45, 7) is 2.52. The molecule has 3 aromatic rings. The fraction of sp³-hybridized carbons (Fsp3) is 0.286. The third-order valence-corrected chi connectivity index (χ3v) is 4.90. The second-order valence-corrected chi connectivity index (χ2v) is 6.69. The first-order chi connectivity index (χ1) is 13.2. The number of aryl methyl sites for hydroxylation is 1. The minimum Gasteiger partial charge on any atom is -0.459 e. The Morgan fingerprint density at radius 1 is 1.22 bits per heavy atom. The number of esters is 1. The van der Waals surface area contributed by atoms with Gasteiger partial charge < -0.3 is 14.0 Å². The molecular weight excluding hydrogens is 342 g/mol. The lowest BCUT2D eigenvalue weighted by Crippen LogP contribution is -2.27. The van der Waals surface area contributed by atoms with Crippen LogP contribution in [0.25, 0.3) is 5.65 Å². The monoisotopic (exact) mass is 363 g/mol. The van der Waals surface area contributed by atoms with E-state index in [1.807, 2.05) is 59.3 Å². The number of fused-ring (bicyclic) bond motifs is 1. The summed E-state index contributed by atoms with van der Waals surface area (Å²) >= 11 is 0. The number of hydrogen-bond acceptors (Lipinski definition) is 4. The number of pyridine rings is 1. The molecule has 1 atom stereocenters. The summed E-state index contributed by atoms with van der Waals surface area (Å²) in [6, 6.07) is 13.5. The SMILES string of the molecule is CCc1ccccc1N1C[C@@H](C(=O)OCc2cn3ccccc3n2)CC1=O. The van der Waals surface area contributed by atoms with E-state index in [0.717, 1.165) is 23.3 Å². The highest BCUT2D eigenvalue weighted by atomic mass is 16.5. The van der Waals surface area contributed by atoms with Crippen molar-refractivity contribution in [2.24, 2.45) is 5.92 Å². The Morgan fingerprint density at radius 2 is 2.04 bits per heavy atom. The van der Waals surface area contributed by atoms with Crippen molar-refractivity contribution in [2.45, 2.75) is 26.4 Å². The fourth-order valence-electron chi connectivity index (χ4n) is 3.49. The van der Waals surface area contributed by atoms with Gasteiger partial charge in [0, 0.05) is 31.0 Å². The number of para-hydroxylation sites is 1. The van der Waals surface area contributed by atoms with E-state index < -0.39 is 5.92 Å². The first-order valence-electron chi connectivity index (χ1n) is 9.13. The van der Waals surface area contributed by atoms with E-state index in [9.17, 15) is 9.59 Å². The third-order valence-electron chi connectivity index (χ3n) is 4.90. The number of nitrogens with zero attached hydrogens (tertiary/aromatic N) is 3. The number of imidazole rings is 1. The molecule has 1 aliphatic heterocycles. The summed E-state index contributed by atoms with van der Waals surface area (Å²) in [5, 5.41) is 0. The van der Waals surface area contributed by atoms with Crippen LogP contribution in [0.4, 0.5) is 5.69 Å². The summed E-state index contributed by atoms with van der Waals surface area (Å²) < 4.78 is 7.32. The number of ether oxygens (including phenoxy) is 1. The predicted molar refractivity (Wildman–Crippen MR) is 101 cm³/mol. The van der Waals surface area contributed by atoms with Crippen LogP contribution in [0, 0.1) is 5.92 Å². The van der Waals surface area contributed by atoms with E-state index >= 15 is 0 Å². The molecule has 0 unspecified atom stereocenters. The van der Waals surface area contributed by atoms with Gasteiger partial charge in [0.1, 0.15) is 12.3 Å². The average molecular weight is 363 g/mol. The summed E-state index contributed by atoms with van der Waals surface area (Å²) in [4.78, 5) is 31.1. The standard InChI is InChI=1S/C21H21N3O3/c1-2-15-7-3-4-8-18(15)24-12-16(11-20(24)25)21(26)27-14-17-13-23-10-6-5-9-19(23)22-17/h3-10,13,16H,2,11-12,14H2,1H3/t16-/m0/s1. The Kier molecular flexibility index (Phi) is 4.62. The van der Waals surface area contributed by atoms with Gasteiger partial charge in [0.05, 0.1) is 11.6 Å². The van der Waals surface area contributed by atoms with E-state index in [1.54, 1.807) is 4.90 Å². The quantitative estimate of drug-likeness (QED) is 0.654. The molecule has 1 amide bonds. The molecule has 0 saturated carbocycles. The number of amides is 1. The first kappa shape index (κ1) is 17.3. The molecule has 1 saturated heterocycles. The summed E-state index contributed by atoms with van der Waals surface area (Å²) in [7, 11) is 0. The van der Waals surface area contributed by atoms with Crippen LogP contribution in [0.1, 0.15) is 24.6 Å². The number of benzene rings is 1. The number of carbonyl (C=O) groups is 2. The molecule has 0 aliphatic carbocycles. The zero-order valence-corrected chi connectivity index (χ0v) is 15.2. The largest absolute Gasteiger partial charge is 0.459 e. The molecule has 27 heavy (non-hydrogen) atoms. The molecule has 6 nitrogen and oxygen atoms in total. The maximum atomic E-state index is 12.5. The number of rotatable bonds is 5. The Morgan fingerprint density at radius 3 is 2.85 bits per heavy atom. The summed E-state index contributed by atoms with van der Waals surface area (Å²) in [6.07, 6.45) is 4.75. The average Bonchev–Trinajstić information content (AvgIpc) is 3.29. The van der Waals surface area contributed by atoms with Gasteiger partial charge in [-0.25, -0.2) is 4.98 Å². The highest BCUT2D eigenvalue weighted by molar-refractivity contribution is 6.00. The van der Waals surface area contributed by atoms with Crippen molar-refractivity contribution in [1.82, 2.24) is 9.38 Å². The van der Waals surface area contributed by atoms with Crippen LogP contribution >= 0.6 is 0 Å². The molecule has 2 aromatic heterocycles. The highest BCUT2D eigenvalue weighted by Gasteiger charge is 2.36. The Labute approximate surface area is 157 Å². The zero-order valence-electron chi connectivity index (χ0n) is 15.2. The van der Waals surface area contributed by atoms with Crippen molar-refractivity contribution in [3.8, 4) is 0 Å². The summed E-state index contributed by atoms with van der Waals surface area (Å²) in [5.74, 6) is -0.832. The third kappa shape index (κ3) is 3.43. The number of hydrogen-bond donors (Lipinski definition) is 0. The van der Waals surface area contributed by atoms with Crippen molar-refractivity contribution in [3.05, 3.63) is 66.1 Å². The van der Waals surface area contributed by atoms with Crippen LogP contribution in [-0.4, -0.2) is 27.8 Å². The van der Waals surface area contributed by atoms with Crippen molar-refractivity contribution in [2.75, 3.05) is 11.4 Å². The zero-order chi connectivity index (χ0) is 18.8. The van der Waals surface area contributed by atoms with Crippen LogP contribution in [0.15, 0.2) is 54.9 Å². The normalized spacial score (nSPS) is 16.9. The minimum atomic E-state index is -0.445. The maximum absolute atomic E-state index is 12.5. The predicted octanol–water partition coefficient (Wildman–Crippen LogP) is 2.99. The first-order valence-corrected chi connectivity index (χ1v) is 9.13. The lowest BCUT2D eigenvalue weighted by Gasteiger charge is -2.19. The van der Waals surface area contributed by atoms with E-state index in [2.05, 4.69) is 11.9 Å². The van der Waals surface area contributed by atoms with Gasteiger partial charge in [-0.15, -0.1) is 0 Å². The lowest BCUT2D eigenvalue weighted by atomic mass is 10.1.